The number of hydrogen-bond acceptors (Lipinski definition) is 4. The molecule has 0 aliphatic carbocycles. The third-order valence-corrected chi connectivity index (χ3v) is 14.2. The summed E-state index contributed by atoms with van der Waals surface area (Å²) in [5.41, 5.74) is 8.92. The van der Waals surface area contributed by atoms with E-state index in [4.69, 9.17) is 18.4 Å². The summed E-state index contributed by atoms with van der Waals surface area (Å²) in [5, 5.41) is 1.28. The van der Waals surface area contributed by atoms with Gasteiger partial charge in [0.1, 0.15) is 24.0 Å². The highest BCUT2D eigenvalue weighted by Gasteiger charge is 2.34. The van der Waals surface area contributed by atoms with Crippen LogP contribution >= 0.6 is 0 Å². The number of fused-ring (bicyclic) bond motifs is 4. The quantitative estimate of drug-likeness (QED) is 0.152. The molecule has 0 saturated carbocycles. The molecule has 1 aliphatic heterocycles. The van der Waals surface area contributed by atoms with Crippen molar-refractivity contribution in [2.24, 2.45) is 0 Å². The van der Waals surface area contributed by atoms with Crippen LogP contribution in [0.1, 0.15) is 123 Å². The SMILES string of the molecule is [2H]c1nc(-n2c3ccc(-c4c([2H])c([2H])c([2H])c([2H])c4[2H])cc3c3ccc(Oc4cccc(N5CN(c6c(-c7cc(C(C)(C)C)cc(C(C)(C)C)c7)cc(C(C)(C)C)cc6-c6c([2H])c([2H])c([2H])c([2H])c6[2H])c6ccccc65)c4)cc32)c([2H])c(C(C)(C)C)c1[2H]. The Kier molecular flexibility index (Phi) is 8.91. The molecule has 0 bridgehead atoms. The summed E-state index contributed by atoms with van der Waals surface area (Å²) >= 11 is 0. The summed E-state index contributed by atoms with van der Waals surface area (Å²) in [6.45, 7) is 25.4. The predicted octanol–water partition coefficient (Wildman–Crippen LogP) is 19.4. The van der Waals surface area contributed by atoms with Gasteiger partial charge in [0.2, 0.25) is 0 Å². The number of aromatic nitrogens is 2. The molecular weight excluding hydrogens is 913 g/mol. The van der Waals surface area contributed by atoms with Gasteiger partial charge in [-0.1, -0.05) is 186 Å². The first kappa shape index (κ1) is 36.1. The highest BCUT2D eigenvalue weighted by atomic mass is 16.5. The van der Waals surface area contributed by atoms with Gasteiger partial charge in [0, 0.05) is 45.9 Å². The fourth-order valence-electron chi connectivity index (χ4n) is 9.91. The topological polar surface area (TPSA) is 33.5 Å². The molecule has 5 heteroatoms. The van der Waals surface area contributed by atoms with E-state index in [-0.39, 0.29) is 76.9 Å². The second-order valence-electron chi connectivity index (χ2n) is 23.7. The molecule has 0 atom stereocenters. The lowest BCUT2D eigenvalue weighted by Gasteiger charge is -2.31. The second-order valence-corrected chi connectivity index (χ2v) is 23.7. The van der Waals surface area contributed by atoms with Crippen LogP contribution in [-0.2, 0) is 21.7 Å². The number of pyridine rings is 1. The van der Waals surface area contributed by atoms with Crippen molar-refractivity contribution in [1.82, 2.24) is 9.55 Å². The zero-order valence-corrected chi connectivity index (χ0v) is 44.9. The van der Waals surface area contributed by atoms with Crippen LogP contribution in [0.2, 0.25) is 0 Å². The Labute approximate surface area is 463 Å². The Hall–Kier alpha value is -7.89. The Morgan fingerprint density at radius 1 is 0.453 bits per heavy atom. The molecule has 75 heavy (non-hydrogen) atoms. The smallest absolute Gasteiger partial charge is 0.137 e. The number of para-hydroxylation sites is 2. The van der Waals surface area contributed by atoms with Crippen molar-refractivity contribution in [3.63, 3.8) is 0 Å². The van der Waals surface area contributed by atoms with Gasteiger partial charge in [-0.05, 0) is 139 Å². The summed E-state index contributed by atoms with van der Waals surface area (Å²) in [5.74, 6) is 0.997. The molecule has 0 amide bonds. The van der Waals surface area contributed by atoms with E-state index in [9.17, 15) is 4.11 Å². The minimum atomic E-state index is -0.708. The zero-order valence-electron chi connectivity index (χ0n) is 57.9. The van der Waals surface area contributed by atoms with Crippen molar-refractivity contribution < 1.29 is 22.6 Å². The van der Waals surface area contributed by atoms with Gasteiger partial charge < -0.3 is 14.5 Å². The van der Waals surface area contributed by atoms with Gasteiger partial charge in [0.25, 0.3) is 0 Å². The summed E-state index contributed by atoms with van der Waals surface area (Å²) < 4.78 is 124. The molecule has 376 valence electrons. The van der Waals surface area contributed by atoms with Crippen molar-refractivity contribution in [3.05, 3.63) is 216 Å². The van der Waals surface area contributed by atoms with Gasteiger partial charge in [0.15, 0.2) is 0 Å². The molecule has 10 aromatic rings. The maximum absolute atomic E-state index is 9.60. The highest BCUT2D eigenvalue weighted by Crippen LogP contribution is 2.52. The monoisotopic (exact) mass is 996 g/mol. The van der Waals surface area contributed by atoms with Crippen LogP contribution in [-0.4, -0.2) is 16.2 Å². The predicted molar refractivity (Wildman–Crippen MR) is 318 cm³/mol. The molecule has 0 unspecified atom stereocenters. The molecule has 3 heterocycles. The summed E-state index contributed by atoms with van der Waals surface area (Å²) in [4.78, 5) is 8.94. The first-order valence-electron chi connectivity index (χ1n) is 32.1. The van der Waals surface area contributed by atoms with E-state index in [0.717, 1.165) is 44.9 Å². The molecule has 0 N–H and O–H groups in total. The fourth-order valence-corrected chi connectivity index (χ4v) is 9.91. The van der Waals surface area contributed by atoms with Gasteiger partial charge in [0.05, 0.1) is 45.9 Å². The van der Waals surface area contributed by atoms with Gasteiger partial charge >= 0.3 is 0 Å². The van der Waals surface area contributed by atoms with Crippen LogP contribution < -0.4 is 14.5 Å². The van der Waals surface area contributed by atoms with Crippen LogP contribution in [0.5, 0.6) is 11.5 Å². The Bertz CT molecular complexity index is 4470. The van der Waals surface area contributed by atoms with E-state index < -0.39 is 47.1 Å². The molecular formula is C70H70N4O. The Morgan fingerprint density at radius 2 is 1.04 bits per heavy atom. The minimum Gasteiger partial charge on any atom is -0.457 e. The molecule has 0 fully saturated rings. The highest BCUT2D eigenvalue weighted by molar-refractivity contribution is 6.11. The van der Waals surface area contributed by atoms with E-state index in [1.165, 1.54) is 0 Å². The van der Waals surface area contributed by atoms with Crippen molar-refractivity contribution >= 4 is 44.6 Å². The number of nitrogens with zero attached hydrogens (tertiary/aromatic N) is 4. The van der Waals surface area contributed by atoms with Crippen molar-refractivity contribution in [2.75, 3.05) is 16.5 Å². The van der Waals surface area contributed by atoms with Crippen molar-refractivity contribution in [1.29, 1.82) is 0 Å². The average molecular weight is 996 g/mol. The average Bonchev–Trinajstić information content (AvgIpc) is 1.43. The molecule has 0 radical (unpaired) electrons. The maximum Gasteiger partial charge on any atom is 0.137 e. The molecule has 8 aromatic carbocycles. The van der Waals surface area contributed by atoms with E-state index in [0.29, 0.717) is 55.7 Å². The molecule has 11 rings (SSSR count). The second kappa shape index (κ2) is 18.5. The van der Waals surface area contributed by atoms with Gasteiger partial charge in [-0.25, -0.2) is 4.98 Å². The van der Waals surface area contributed by atoms with Crippen LogP contribution in [0.15, 0.2) is 194 Å². The van der Waals surface area contributed by atoms with E-state index in [1.807, 2.05) is 93.6 Å². The molecule has 0 saturated heterocycles. The fraction of sp³-hybridized carbons (Fsp3) is 0.243. The zero-order chi connectivity index (χ0) is 63.9. The lowest BCUT2D eigenvalue weighted by atomic mass is 9.77. The molecule has 0 spiro atoms. The summed E-state index contributed by atoms with van der Waals surface area (Å²) in [6, 6.07) is 33.1. The van der Waals surface area contributed by atoms with Crippen molar-refractivity contribution in [3.8, 4) is 50.7 Å². The number of rotatable bonds is 8. The lowest BCUT2D eigenvalue weighted by Crippen LogP contribution is -2.25. The standard InChI is InChI=1S/C70H70N4O/c1-67(2,3)50-34-35-71-65(42-50)74-61-33-30-48(46-22-15-13-16-23-46)38-60(61)57-32-31-56(44-64(57)74)75-55-27-21-26-54(43-55)72-45-73(63-29-20-19-28-62(63)72)66-58(47-24-17-14-18-25-47)40-53(70(10,11)12)41-59(66)49-36-51(68(4,5)6)39-52(37-49)69(7,8)9/h13-44H,45H2,1-12H3/i13D,14D,15D,16D,17D,18D,22D,23D,24D,25D,34D,35D,42D. The molecule has 2 aromatic heterocycles. The largest absolute Gasteiger partial charge is 0.457 e. The van der Waals surface area contributed by atoms with E-state index in [1.54, 1.807) is 22.8 Å². The third kappa shape index (κ3) is 9.50. The van der Waals surface area contributed by atoms with Gasteiger partial charge in [-0.3, -0.25) is 4.57 Å². The van der Waals surface area contributed by atoms with E-state index in [2.05, 4.69) is 101 Å². The first-order valence-corrected chi connectivity index (χ1v) is 25.6. The van der Waals surface area contributed by atoms with E-state index >= 15 is 0 Å². The number of hydrogen-bond donors (Lipinski definition) is 0. The van der Waals surface area contributed by atoms with Crippen LogP contribution in [0.3, 0.4) is 0 Å². The molecule has 1 aliphatic rings. The van der Waals surface area contributed by atoms with Crippen LogP contribution in [0, 0.1) is 0 Å². The first-order chi connectivity index (χ1) is 41.1. The lowest BCUT2D eigenvalue weighted by molar-refractivity contribution is 0.483. The number of ether oxygens (including phenoxy) is 1. The summed E-state index contributed by atoms with van der Waals surface area (Å²) in [6.07, 6.45) is -0.305. The Morgan fingerprint density at radius 3 is 1.68 bits per heavy atom. The Balaban J connectivity index is 1.08. The van der Waals surface area contributed by atoms with Crippen LogP contribution in [0.25, 0.3) is 61.0 Å². The number of anilines is 4. The minimum absolute atomic E-state index is 0.0349. The van der Waals surface area contributed by atoms with Gasteiger partial charge in [-0.2, -0.15) is 0 Å². The summed E-state index contributed by atoms with van der Waals surface area (Å²) in [7, 11) is 0. The van der Waals surface area contributed by atoms with Crippen molar-refractivity contribution in [2.45, 2.75) is 105 Å². The third-order valence-electron chi connectivity index (χ3n) is 14.2. The van der Waals surface area contributed by atoms with Gasteiger partial charge in [-0.15, -0.1) is 0 Å². The maximum atomic E-state index is 9.60. The number of benzene rings is 8. The normalized spacial score (nSPS) is 15.7. The van der Waals surface area contributed by atoms with Crippen LogP contribution in [0.4, 0.5) is 22.7 Å². The molecule has 5 nitrogen and oxygen atoms in total.